The number of hydrogen-bond acceptors (Lipinski definition) is 2. The molecule has 2 aromatic rings. The standard InChI is InChI=1S/C15H16FNO/c1-10-4-3-5-14(15(10)16)18-13-8-6-12(7-9-13)11(2)17/h3-9,11H,17H2,1-2H3/t11-/m1/s1. The van der Waals surface area contributed by atoms with Crippen molar-refractivity contribution in [3.05, 3.63) is 59.4 Å². The Bertz CT molecular complexity index is 535. The summed E-state index contributed by atoms with van der Waals surface area (Å²) >= 11 is 0. The van der Waals surface area contributed by atoms with Gasteiger partial charge in [0.05, 0.1) is 0 Å². The first-order chi connectivity index (χ1) is 8.58. The van der Waals surface area contributed by atoms with Gasteiger partial charge in [0.2, 0.25) is 0 Å². The summed E-state index contributed by atoms with van der Waals surface area (Å²) in [5.74, 6) is 0.515. The van der Waals surface area contributed by atoms with Gasteiger partial charge in [0.15, 0.2) is 11.6 Å². The van der Waals surface area contributed by atoms with E-state index in [2.05, 4.69) is 0 Å². The zero-order valence-corrected chi connectivity index (χ0v) is 10.5. The molecule has 0 saturated carbocycles. The van der Waals surface area contributed by atoms with Crippen LogP contribution in [-0.4, -0.2) is 0 Å². The van der Waals surface area contributed by atoms with Crippen LogP contribution < -0.4 is 10.5 Å². The molecule has 0 aliphatic rings. The van der Waals surface area contributed by atoms with Gasteiger partial charge in [-0.1, -0.05) is 24.3 Å². The molecular formula is C15H16FNO. The Balaban J connectivity index is 2.21. The highest BCUT2D eigenvalue weighted by atomic mass is 19.1. The van der Waals surface area contributed by atoms with Gasteiger partial charge in [0.25, 0.3) is 0 Å². The lowest BCUT2D eigenvalue weighted by Crippen LogP contribution is -2.04. The molecule has 0 aromatic heterocycles. The predicted octanol–water partition coefficient (Wildman–Crippen LogP) is 3.95. The predicted molar refractivity (Wildman–Crippen MR) is 70.3 cm³/mol. The van der Waals surface area contributed by atoms with Crippen LogP contribution in [0.3, 0.4) is 0 Å². The highest BCUT2D eigenvalue weighted by Crippen LogP contribution is 2.26. The monoisotopic (exact) mass is 245 g/mol. The molecule has 0 amide bonds. The molecule has 0 spiro atoms. The molecule has 94 valence electrons. The maximum absolute atomic E-state index is 13.7. The third-order valence-corrected chi connectivity index (χ3v) is 2.79. The zero-order valence-electron chi connectivity index (χ0n) is 10.5. The molecule has 2 aromatic carbocycles. The topological polar surface area (TPSA) is 35.2 Å². The number of rotatable bonds is 3. The van der Waals surface area contributed by atoms with Gasteiger partial charge in [0.1, 0.15) is 5.75 Å². The summed E-state index contributed by atoms with van der Waals surface area (Å²) < 4.78 is 19.3. The van der Waals surface area contributed by atoms with E-state index in [9.17, 15) is 4.39 Å². The Kier molecular flexibility index (Phi) is 3.63. The van der Waals surface area contributed by atoms with E-state index in [1.807, 2.05) is 19.1 Å². The van der Waals surface area contributed by atoms with Gasteiger partial charge in [-0.2, -0.15) is 0 Å². The van der Waals surface area contributed by atoms with E-state index in [0.29, 0.717) is 11.3 Å². The molecule has 2 rings (SSSR count). The molecule has 0 radical (unpaired) electrons. The summed E-state index contributed by atoms with van der Waals surface area (Å²) in [6.45, 7) is 3.62. The second kappa shape index (κ2) is 5.19. The fourth-order valence-corrected chi connectivity index (χ4v) is 1.67. The Hall–Kier alpha value is -1.87. The summed E-state index contributed by atoms with van der Waals surface area (Å²) in [5, 5.41) is 0. The smallest absolute Gasteiger partial charge is 0.168 e. The second-order valence-electron chi connectivity index (χ2n) is 4.35. The average molecular weight is 245 g/mol. The number of halogens is 1. The van der Waals surface area contributed by atoms with Crippen molar-refractivity contribution in [2.45, 2.75) is 19.9 Å². The highest BCUT2D eigenvalue weighted by Gasteiger charge is 2.07. The third kappa shape index (κ3) is 2.68. The first-order valence-corrected chi connectivity index (χ1v) is 5.86. The minimum Gasteiger partial charge on any atom is -0.454 e. The second-order valence-corrected chi connectivity index (χ2v) is 4.35. The summed E-state index contributed by atoms with van der Waals surface area (Å²) in [7, 11) is 0. The van der Waals surface area contributed by atoms with Gasteiger partial charge in [-0.05, 0) is 43.2 Å². The summed E-state index contributed by atoms with van der Waals surface area (Å²) in [5.41, 5.74) is 7.35. The number of aryl methyl sites for hydroxylation is 1. The van der Waals surface area contributed by atoms with Gasteiger partial charge in [0, 0.05) is 6.04 Å². The lowest BCUT2D eigenvalue weighted by molar-refractivity contribution is 0.440. The molecule has 0 heterocycles. The molecule has 2 nitrogen and oxygen atoms in total. The van der Waals surface area contributed by atoms with Crippen molar-refractivity contribution < 1.29 is 9.13 Å². The summed E-state index contributed by atoms with van der Waals surface area (Å²) in [6.07, 6.45) is 0. The number of ether oxygens (including phenoxy) is 1. The van der Waals surface area contributed by atoms with E-state index in [0.717, 1.165) is 5.56 Å². The molecule has 3 heteroatoms. The van der Waals surface area contributed by atoms with Crippen LogP contribution in [0.5, 0.6) is 11.5 Å². The highest BCUT2D eigenvalue weighted by molar-refractivity contribution is 5.36. The molecular weight excluding hydrogens is 229 g/mol. The molecule has 0 aliphatic heterocycles. The minimum absolute atomic E-state index is 0.0187. The average Bonchev–Trinajstić information content (AvgIpc) is 2.36. The molecule has 0 unspecified atom stereocenters. The molecule has 1 atom stereocenters. The Morgan fingerprint density at radius 3 is 2.39 bits per heavy atom. The SMILES string of the molecule is Cc1cccc(Oc2ccc([C@@H](C)N)cc2)c1F. The fourth-order valence-electron chi connectivity index (χ4n) is 1.67. The molecule has 18 heavy (non-hydrogen) atoms. The van der Waals surface area contributed by atoms with Crippen LogP contribution in [0.2, 0.25) is 0 Å². The molecule has 0 aliphatic carbocycles. The lowest BCUT2D eigenvalue weighted by Gasteiger charge is -2.10. The zero-order chi connectivity index (χ0) is 13.1. The van der Waals surface area contributed by atoms with Gasteiger partial charge < -0.3 is 10.5 Å². The van der Waals surface area contributed by atoms with Crippen molar-refractivity contribution >= 4 is 0 Å². The van der Waals surface area contributed by atoms with E-state index in [1.54, 1.807) is 37.3 Å². The fraction of sp³-hybridized carbons (Fsp3) is 0.200. The van der Waals surface area contributed by atoms with Crippen molar-refractivity contribution in [3.63, 3.8) is 0 Å². The van der Waals surface area contributed by atoms with Crippen molar-refractivity contribution in [1.82, 2.24) is 0 Å². The molecule has 2 N–H and O–H groups in total. The van der Waals surface area contributed by atoms with Crippen LogP contribution in [0.1, 0.15) is 24.1 Å². The van der Waals surface area contributed by atoms with Crippen molar-refractivity contribution in [2.24, 2.45) is 5.73 Å². The van der Waals surface area contributed by atoms with Crippen LogP contribution >= 0.6 is 0 Å². The largest absolute Gasteiger partial charge is 0.454 e. The summed E-state index contributed by atoms with van der Waals surface area (Å²) in [6, 6.07) is 12.4. The van der Waals surface area contributed by atoms with Gasteiger partial charge in [-0.15, -0.1) is 0 Å². The Morgan fingerprint density at radius 2 is 1.78 bits per heavy atom. The van der Waals surface area contributed by atoms with Crippen LogP contribution in [0.4, 0.5) is 4.39 Å². The van der Waals surface area contributed by atoms with E-state index in [-0.39, 0.29) is 17.6 Å². The normalized spacial score (nSPS) is 12.2. The van der Waals surface area contributed by atoms with Gasteiger partial charge >= 0.3 is 0 Å². The number of benzene rings is 2. The van der Waals surface area contributed by atoms with Crippen LogP contribution in [0.25, 0.3) is 0 Å². The first-order valence-electron chi connectivity index (χ1n) is 5.86. The van der Waals surface area contributed by atoms with Gasteiger partial charge in [-0.3, -0.25) is 0 Å². The van der Waals surface area contributed by atoms with E-state index in [1.165, 1.54) is 0 Å². The Morgan fingerprint density at radius 1 is 1.11 bits per heavy atom. The molecule has 0 saturated heterocycles. The minimum atomic E-state index is -0.325. The van der Waals surface area contributed by atoms with Crippen LogP contribution in [-0.2, 0) is 0 Å². The van der Waals surface area contributed by atoms with Crippen molar-refractivity contribution in [2.75, 3.05) is 0 Å². The third-order valence-electron chi connectivity index (χ3n) is 2.79. The number of nitrogens with two attached hydrogens (primary N) is 1. The van der Waals surface area contributed by atoms with Gasteiger partial charge in [-0.25, -0.2) is 4.39 Å². The van der Waals surface area contributed by atoms with E-state index in [4.69, 9.17) is 10.5 Å². The Labute approximate surface area is 106 Å². The van der Waals surface area contributed by atoms with Crippen molar-refractivity contribution in [3.8, 4) is 11.5 Å². The lowest BCUT2D eigenvalue weighted by atomic mass is 10.1. The maximum atomic E-state index is 13.7. The molecule has 0 bridgehead atoms. The van der Waals surface area contributed by atoms with Crippen molar-refractivity contribution in [1.29, 1.82) is 0 Å². The quantitative estimate of drug-likeness (QED) is 0.888. The van der Waals surface area contributed by atoms with Crippen LogP contribution in [0.15, 0.2) is 42.5 Å². The summed E-state index contributed by atoms with van der Waals surface area (Å²) in [4.78, 5) is 0. The number of hydrogen-bond donors (Lipinski definition) is 1. The van der Waals surface area contributed by atoms with E-state index < -0.39 is 0 Å². The van der Waals surface area contributed by atoms with Crippen LogP contribution in [0, 0.1) is 12.7 Å². The van der Waals surface area contributed by atoms with E-state index >= 15 is 0 Å². The molecule has 0 fully saturated rings. The maximum Gasteiger partial charge on any atom is 0.168 e. The first kappa shape index (κ1) is 12.6.